The third-order valence-electron chi connectivity index (χ3n) is 5.84. The zero-order chi connectivity index (χ0) is 17.3. The van der Waals surface area contributed by atoms with Crippen molar-refractivity contribution in [2.45, 2.75) is 44.4 Å². The number of rotatable bonds is 4. The lowest BCUT2D eigenvalue weighted by molar-refractivity contribution is -0.0776. The number of hydrogen-bond acceptors (Lipinski definition) is 4. The average molecular weight is 340 g/mol. The van der Waals surface area contributed by atoms with E-state index in [1.807, 2.05) is 19.2 Å². The Hall–Kier alpha value is -1.69. The molecule has 0 amide bonds. The van der Waals surface area contributed by atoms with Crippen molar-refractivity contribution in [3.8, 4) is 11.3 Å². The molecule has 1 aromatic carbocycles. The smallest absolute Gasteiger partial charge is 0.0798 e. The Morgan fingerprint density at radius 2 is 1.96 bits per heavy atom. The molecule has 0 bridgehead atoms. The Bertz CT molecular complexity index is 691. The first-order valence-corrected chi connectivity index (χ1v) is 9.40. The van der Waals surface area contributed by atoms with Gasteiger partial charge in [-0.15, -0.1) is 0 Å². The molecule has 5 nitrogen and oxygen atoms in total. The molecule has 5 heteroatoms. The third-order valence-corrected chi connectivity index (χ3v) is 5.84. The van der Waals surface area contributed by atoms with Gasteiger partial charge in [-0.25, -0.2) is 0 Å². The van der Waals surface area contributed by atoms with Crippen LogP contribution in [0.5, 0.6) is 0 Å². The van der Waals surface area contributed by atoms with E-state index in [2.05, 4.69) is 44.3 Å². The van der Waals surface area contributed by atoms with Crippen molar-refractivity contribution >= 4 is 0 Å². The van der Waals surface area contributed by atoms with Gasteiger partial charge in [-0.2, -0.15) is 5.10 Å². The van der Waals surface area contributed by atoms with E-state index >= 15 is 0 Å². The quantitative estimate of drug-likeness (QED) is 0.898. The predicted molar refractivity (Wildman–Crippen MR) is 99.1 cm³/mol. The van der Waals surface area contributed by atoms with Gasteiger partial charge in [0.2, 0.25) is 0 Å². The number of hydrogen-bond donors (Lipinski definition) is 2. The number of likely N-dealkylation sites (tertiary alicyclic amines) is 2. The van der Waals surface area contributed by atoms with Crippen LogP contribution in [-0.4, -0.2) is 62.9 Å². The van der Waals surface area contributed by atoms with E-state index in [0.717, 1.165) is 44.8 Å². The maximum atomic E-state index is 10.9. The first-order valence-electron chi connectivity index (χ1n) is 9.40. The standard InChI is InChI=1S/C20H28N4O/c1-20(25)9-12-23(15-18(20)24-10-5-6-11-24)14-17-13-21-22-19(17)16-7-3-2-4-8-16/h2-4,7-8,13,18,25H,5-6,9-12,14-15H2,1H3,(H,21,22)/t18-,20-/m1/s1. The molecule has 4 rings (SSSR count). The summed E-state index contributed by atoms with van der Waals surface area (Å²) in [5.74, 6) is 0. The highest BCUT2D eigenvalue weighted by Crippen LogP contribution is 2.30. The molecule has 2 aromatic rings. The van der Waals surface area contributed by atoms with Gasteiger partial charge >= 0.3 is 0 Å². The van der Waals surface area contributed by atoms with Gasteiger partial charge in [0, 0.05) is 25.2 Å². The zero-order valence-corrected chi connectivity index (χ0v) is 15.0. The number of benzene rings is 1. The third kappa shape index (κ3) is 3.50. The molecule has 2 atom stereocenters. The monoisotopic (exact) mass is 340 g/mol. The van der Waals surface area contributed by atoms with E-state index < -0.39 is 5.60 Å². The number of H-pyrrole nitrogens is 1. The fourth-order valence-electron chi connectivity index (χ4n) is 4.32. The van der Waals surface area contributed by atoms with Crippen LogP contribution < -0.4 is 0 Å². The summed E-state index contributed by atoms with van der Waals surface area (Å²) in [5.41, 5.74) is 2.93. The van der Waals surface area contributed by atoms with E-state index in [0.29, 0.717) is 0 Å². The molecule has 2 N–H and O–H groups in total. The molecule has 2 aliphatic rings. The summed E-state index contributed by atoms with van der Waals surface area (Å²) in [5, 5.41) is 18.3. The molecule has 25 heavy (non-hydrogen) atoms. The van der Waals surface area contributed by atoms with Gasteiger partial charge in [0.05, 0.1) is 23.5 Å². The summed E-state index contributed by atoms with van der Waals surface area (Å²) in [6.45, 7) is 6.98. The topological polar surface area (TPSA) is 55.4 Å². The number of nitrogens with one attached hydrogen (secondary N) is 1. The fourth-order valence-corrected chi connectivity index (χ4v) is 4.32. The normalized spacial score (nSPS) is 28.5. The van der Waals surface area contributed by atoms with E-state index in [1.54, 1.807) is 0 Å². The molecule has 2 fully saturated rings. The molecule has 0 spiro atoms. The Labute approximate surface area is 149 Å². The van der Waals surface area contributed by atoms with Crippen molar-refractivity contribution < 1.29 is 5.11 Å². The van der Waals surface area contributed by atoms with Crippen molar-refractivity contribution in [2.75, 3.05) is 26.2 Å². The van der Waals surface area contributed by atoms with Gasteiger partial charge in [0.25, 0.3) is 0 Å². The molecule has 0 saturated carbocycles. The van der Waals surface area contributed by atoms with Gasteiger partial charge in [-0.1, -0.05) is 30.3 Å². The molecule has 1 aromatic heterocycles. The Kier molecular flexibility index (Phi) is 4.63. The highest BCUT2D eigenvalue weighted by Gasteiger charge is 2.41. The van der Waals surface area contributed by atoms with Gasteiger partial charge in [-0.05, 0) is 44.8 Å². The van der Waals surface area contributed by atoms with Crippen molar-refractivity contribution in [3.63, 3.8) is 0 Å². The summed E-state index contributed by atoms with van der Waals surface area (Å²) in [6, 6.07) is 10.6. The zero-order valence-electron chi connectivity index (χ0n) is 15.0. The Balaban J connectivity index is 1.49. The van der Waals surface area contributed by atoms with Gasteiger partial charge in [0.15, 0.2) is 0 Å². The average Bonchev–Trinajstić information content (AvgIpc) is 3.29. The van der Waals surface area contributed by atoms with Crippen molar-refractivity contribution in [3.05, 3.63) is 42.1 Å². The summed E-state index contributed by atoms with van der Waals surface area (Å²) < 4.78 is 0. The lowest BCUT2D eigenvalue weighted by Gasteiger charge is -2.46. The van der Waals surface area contributed by atoms with Crippen LogP contribution in [0.1, 0.15) is 31.7 Å². The molecule has 2 saturated heterocycles. The van der Waals surface area contributed by atoms with E-state index in [-0.39, 0.29) is 6.04 Å². The molecule has 0 unspecified atom stereocenters. The summed E-state index contributed by atoms with van der Waals surface area (Å²) in [4.78, 5) is 4.96. The molecule has 3 heterocycles. The summed E-state index contributed by atoms with van der Waals surface area (Å²) in [6.07, 6.45) is 5.28. The Morgan fingerprint density at radius 1 is 1.20 bits per heavy atom. The maximum absolute atomic E-state index is 10.9. The number of aromatic nitrogens is 2. The largest absolute Gasteiger partial charge is 0.388 e. The minimum atomic E-state index is -0.584. The van der Waals surface area contributed by atoms with Crippen LogP contribution in [0.25, 0.3) is 11.3 Å². The second-order valence-electron chi connectivity index (χ2n) is 7.74. The van der Waals surface area contributed by atoms with Crippen LogP contribution in [0.3, 0.4) is 0 Å². The molecular formula is C20H28N4O. The molecular weight excluding hydrogens is 312 g/mol. The number of nitrogens with zero attached hydrogens (tertiary/aromatic N) is 3. The van der Waals surface area contributed by atoms with E-state index in [1.165, 1.54) is 24.0 Å². The first-order chi connectivity index (χ1) is 12.1. The second-order valence-corrected chi connectivity index (χ2v) is 7.74. The Morgan fingerprint density at radius 3 is 2.72 bits per heavy atom. The number of aliphatic hydroxyl groups is 1. The molecule has 0 radical (unpaired) electrons. The SMILES string of the molecule is C[C@@]1(O)CCN(Cc2cn[nH]c2-c2ccccc2)C[C@H]1N1CCCC1. The molecule has 0 aliphatic carbocycles. The highest BCUT2D eigenvalue weighted by atomic mass is 16.3. The van der Waals surface area contributed by atoms with Crippen LogP contribution in [0.4, 0.5) is 0 Å². The van der Waals surface area contributed by atoms with Crippen molar-refractivity contribution in [2.24, 2.45) is 0 Å². The van der Waals surface area contributed by atoms with E-state index in [9.17, 15) is 5.11 Å². The predicted octanol–water partition coefficient (Wildman–Crippen LogP) is 2.50. The van der Waals surface area contributed by atoms with Crippen molar-refractivity contribution in [1.29, 1.82) is 0 Å². The van der Waals surface area contributed by atoms with Gasteiger partial charge in [-0.3, -0.25) is 14.9 Å². The maximum Gasteiger partial charge on any atom is 0.0798 e. The van der Waals surface area contributed by atoms with E-state index in [4.69, 9.17) is 0 Å². The van der Waals surface area contributed by atoms with Crippen molar-refractivity contribution in [1.82, 2.24) is 20.0 Å². The molecule has 2 aliphatic heterocycles. The minimum Gasteiger partial charge on any atom is -0.388 e. The van der Waals surface area contributed by atoms with Gasteiger partial charge < -0.3 is 5.11 Å². The highest BCUT2D eigenvalue weighted by molar-refractivity contribution is 5.62. The fraction of sp³-hybridized carbons (Fsp3) is 0.550. The summed E-state index contributed by atoms with van der Waals surface area (Å²) in [7, 11) is 0. The molecule has 134 valence electrons. The summed E-state index contributed by atoms with van der Waals surface area (Å²) >= 11 is 0. The second kappa shape index (κ2) is 6.90. The lowest BCUT2D eigenvalue weighted by atomic mass is 9.87. The van der Waals surface area contributed by atoms with Crippen LogP contribution in [0.2, 0.25) is 0 Å². The van der Waals surface area contributed by atoms with Crippen LogP contribution in [0.15, 0.2) is 36.5 Å². The number of aromatic amines is 1. The van der Waals surface area contributed by atoms with Crippen LogP contribution >= 0.6 is 0 Å². The van der Waals surface area contributed by atoms with Crippen LogP contribution in [0, 0.1) is 0 Å². The van der Waals surface area contributed by atoms with Gasteiger partial charge in [0.1, 0.15) is 0 Å². The number of piperidine rings is 1. The van der Waals surface area contributed by atoms with Crippen LogP contribution in [-0.2, 0) is 6.54 Å². The minimum absolute atomic E-state index is 0.232. The lowest BCUT2D eigenvalue weighted by Crippen LogP contribution is -2.60. The first kappa shape index (κ1) is 16.8.